The van der Waals surface area contributed by atoms with Gasteiger partial charge >= 0.3 is 0 Å². The highest BCUT2D eigenvalue weighted by molar-refractivity contribution is 5.79. The molecule has 1 aromatic heterocycles. The van der Waals surface area contributed by atoms with E-state index < -0.39 is 0 Å². The molecule has 31 heavy (non-hydrogen) atoms. The molecule has 1 heterocycles. The van der Waals surface area contributed by atoms with Gasteiger partial charge in [-0.3, -0.25) is 4.79 Å². The van der Waals surface area contributed by atoms with E-state index in [0.29, 0.717) is 18.5 Å². The lowest BCUT2D eigenvalue weighted by Crippen LogP contribution is -2.43. The van der Waals surface area contributed by atoms with Crippen LogP contribution in [0.25, 0.3) is 0 Å². The van der Waals surface area contributed by atoms with Gasteiger partial charge in [0.05, 0.1) is 13.1 Å². The van der Waals surface area contributed by atoms with Gasteiger partial charge in [-0.1, -0.05) is 43.2 Å². The van der Waals surface area contributed by atoms with Crippen molar-refractivity contribution < 1.29 is 4.74 Å². The lowest BCUT2D eigenvalue weighted by molar-refractivity contribution is 0.138. The highest BCUT2D eigenvalue weighted by Gasteiger charge is 2.33. The van der Waals surface area contributed by atoms with Crippen molar-refractivity contribution in [2.24, 2.45) is 10.4 Å². The van der Waals surface area contributed by atoms with Gasteiger partial charge in [0.25, 0.3) is 5.56 Å². The minimum atomic E-state index is 0.0167. The van der Waals surface area contributed by atoms with Crippen LogP contribution in [0.1, 0.15) is 50.2 Å². The van der Waals surface area contributed by atoms with Crippen molar-refractivity contribution in [2.75, 3.05) is 26.8 Å². The van der Waals surface area contributed by atoms with E-state index in [1.54, 1.807) is 23.8 Å². The fourth-order valence-electron chi connectivity index (χ4n) is 4.28. The molecule has 0 aliphatic heterocycles. The third-order valence-corrected chi connectivity index (χ3v) is 6.17. The first-order chi connectivity index (χ1) is 15.1. The van der Waals surface area contributed by atoms with Gasteiger partial charge in [0.1, 0.15) is 0 Å². The molecule has 0 spiro atoms. The van der Waals surface area contributed by atoms with E-state index in [2.05, 4.69) is 41.8 Å². The van der Waals surface area contributed by atoms with Crippen molar-refractivity contribution in [1.82, 2.24) is 15.2 Å². The summed E-state index contributed by atoms with van der Waals surface area (Å²) in [5.74, 6) is 0.867. The number of nitrogens with zero attached hydrogens (tertiary/aromatic N) is 2. The van der Waals surface area contributed by atoms with Gasteiger partial charge in [-0.25, -0.2) is 4.99 Å². The second kappa shape index (κ2) is 11.7. The van der Waals surface area contributed by atoms with Crippen LogP contribution < -0.4 is 16.2 Å². The molecule has 168 valence electrons. The summed E-state index contributed by atoms with van der Waals surface area (Å²) >= 11 is 0. The van der Waals surface area contributed by atoms with Crippen molar-refractivity contribution >= 4 is 5.96 Å². The van der Waals surface area contributed by atoms with E-state index in [1.807, 2.05) is 12.3 Å². The molecule has 2 N–H and O–H groups in total. The topological polar surface area (TPSA) is 67.7 Å². The number of pyridine rings is 1. The van der Waals surface area contributed by atoms with Crippen LogP contribution in [-0.4, -0.2) is 37.3 Å². The number of aliphatic imine (C=N–C) groups is 1. The van der Waals surface area contributed by atoms with E-state index in [-0.39, 0.29) is 5.56 Å². The minimum Gasteiger partial charge on any atom is -0.385 e. The molecule has 1 aliphatic rings. The van der Waals surface area contributed by atoms with Crippen molar-refractivity contribution in [2.45, 2.75) is 52.1 Å². The number of hydrogen-bond acceptors (Lipinski definition) is 3. The fraction of sp³-hybridized carbons (Fsp3) is 0.520. The number of hydrogen-bond donors (Lipinski definition) is 2. The van der Waals surface area contributed by atoms with Gasteiger partial charge < -0.3 is 19.9 Å². The predicted molar refractivity (Wildman–Crippen MR) is 126 cm³/mol. The average Bonchev–Trinajstić information content (AvgIpc) is 3.26. The minimum absolute atomic E-state index is 0.0167. The maximum Gasteiger partial charge on any atom is 0.250 e. The zero-order chi connectivity index (χ0) is 21.9. The summed E-state index contributed by atoms with van der Waals surface area (Å²) in [6.07, 6.45) is 8.05. The summed E-state index contributed by atoms with van der Waals surface area (Å²) in [5.41, 5.74) is 2.59. The average molecular weight is 425 g/mol. The molecule has 0 atom stereocenters. The number of benzene rings is 1. The van der Waals surface area contributed by atoms with E-state index in [9.17, 15) is 4.79 Å². The second-order valence-electron chi connectivity index (χ2n) is 8.48. The maximum absolute atomic E-state index is 11.9. The van der Waals surface area contributed by atoms with Crippen molar-refractivity contribution in [3.63, 3.8) is 0 Å². The van der Waals surface area contributed by atoms with Crippen LogP contribution in [0.5, 0.6) is 0 Å². The molecule has 1 fully saturated rings. The predicted octanol–water partition coefficient (Wildman–Crippen LogP) is 3.55. The van der Waals surface area contributed by atoms with Crippen LogP contribution >= 0.6 is 0 Å². The fourth-order valence-corrected chi connectivity index (χ4v) is 4.28. The van der Waals surface area contributed by atoms with Gasteiger partial charge in [-0.05, 0) is 48.8 Å². The molecular formula is C25H36N4O2. The molecule has 0 radical (unpaired) electrons. The van der Waals surface area contributed by atoms with Crippen LogP contribution in [0.2, 0.25) is 0 Å². The normalized spacial score (nSPS) is 15.7. The Morgan fingerprint density at radius 2 is 1.84 bits per heavy atom. The summed E-state index contributed by atoms with van der Waals surface area (Å²) in [5, 5.41) is 6.95. The van der Waals surface area contributed by atoms with Crippen LogP contribution in [-0.2, 0) is 17.8 Å². The van der Waals surface area contributed by atoms with Gasteiger partial charge in [-0.15, -0.1) is 0 Å². The zero-order valence-electron chi connectivity index (χ0n) is 18.9. The quantitative estimate of drug-likeness (QED) is 0.452. The Hall–Kier alpha value is -2.60. The number of rotatable bonds is 10. The first-order valence-corrected chi connectivity index (χ1v) is 11.4. The van der Waals surface area contributed by atoms with Crippen molar-refractivity contribution in [3.05, 3.63) is 70.1 Å². The van der Waals surface area contributed by atoms with Crippen molar-refractivity contribution in [3.8, 4) is 0 Å². The summed E-state index contributed by atoms with van der Waals surface area (Å²) in [6, 6.07) is 13.6. The highest BCUT2D eigenvalue weighted by atomic mass is 16.5. The molecule has 6 nitrogen and oxygen atoms in total. The summed E-state index contributed by atoms with van der Waals surface area (Å²) in [4.78, 5) is 16.7. The molecule has 1 aromatic carbocycles. The largest absolute Gasteiger partial charge is 0.385 e. The van der Waals surface area contributed by atoms with Gasteiger partial charge in [0.2, 0.25) is 0 Å². The number of methoxy groups -OCH3 is 1. The Balaban J connectivity index is 1.58. The summed E-state index contributed by atoms with van der Waals surface area (Å²) < 4.78 is 7.06. The van der Waals surface area contributed by atoms with Gasteiger partial charge in [-0.2, -0.15) is 0 Å². The SMILES string of the molecule is CCNC(=NCc1ccc(Cn2ccccc2=O)cc1)NCC1(CCOC)CCCC1. The Morgan fingerprint density at radius 1 is 1.10 bits per heavy atom. The standard InChI is InChI=1S/C25H36N4O2/c1-3-26-24(28-20-25(15-17-31-2)13-5-6-14-25)27-18-21-9-11-22(12-10-21)19-29-16-7-4-8-23(29)30/h4,7-12,16H,3,5-6,13-15,17-20H2,1-2H3,(H2,26,27,28). The van der Waals surface area contributed by atoms with Crippen LogP contribution in [0.3, 0.4) is 0 Å². The lowest BCUT2D eigenvalue weighted by atomic mass is 9.83. The molecule has 1 saturated carbocycles. The first kappa shape index (κ1) is 23.1. The monoisotopic (exact) mass is 424 g/mol. The summed E-state index contributed by atoms with van der Waals surface area (Å²) in [7, 11) is 1.78. The Morgan fingerprint density at radius 3 is 2.52 bits per heavy atom. The molecular weight excluding hydrogens is 388 g/mol. The maximum atomic E-state index is 11.9. The van der Waals surface area contributed by atoms with Crippen LogP contribution in [0, 0.1) is 5.41 Å². The summed E-state index contributed by atoms with van der Waals surface area (Å²) in [6.45, 7) is 5.88. The molecule has 6 heteroatoms. The van der Waals surface area contributed by atoms with E-state index in [1.165, 1.54) is 25.7 Å². The van der Waals surface area contributed by atoms with E-state index >= 15 is 0 Å². The molecule has 0 unspecified atom stereocenters. The molecule has 0 amide bonds. The second-order valence-corrected chi connectivity index (χ2v) is 8.48. The molecule has 1 aliphatic carbocycles. The Labute approximate surface area is 185 Å². The number of guanidine groups is 1. The number of aromatic nitrogens is 1. The molecule has 0 saturated heterocycles. The van der Waals surface area contributed by atoms with E-state index in [0.717, 1.165) is 43.2 Å². The van der Waals surface area contributed by atoms with Crippen molar-refractivity contribution in [1.29, 1.82) is 0 Å². The number of nitrogens with one attached hydrogen (secondary N) is 2. The van der Waals surface area contributed by atoms with E-state index in [4.69, 9.17) is 9.73 Å². The van der Waals surface area contributed by atoms with Crippen LogP contribution in [0.4, 0.5) is 0 Å². The molecule has 3 rings (SSSR count). The van der Waals surface area contributed by atoms with Crippen LogP contribution in [0.15, 0.2) is 58.4 Å². The molecule has 2 aromatic rings. The van der Waals surface area contributed by atoms with Gasteiger partial charge in [0, 0.05) is 39.1 Å². The molecule has 0 bridgehead atoms. The zero-order valence-corrected chi connectivity index (χ0v) is 18.9. The Kier molecular flexibility index (Phi) is 8.71. The number of ether oxygens (including phenoxy) is 1. The third kappa shape index (κ3) is 6.96. The Bertz CT molecular complexity index is 883. The smallest absolute Gasteiger partial charge is 0.250 e. The highest BCUT2D eigenvalue weighted by Crippen LogP contribution is 2.40. The third-order valence-electron chi connectivity index (χ3n) is 6.17. The lowest BCUT2D eigenvalue weighted by Gasteiger charge is -2.30. The first-order valence-electron chi connectivity index (χ1n) is 11.4. The van der Waals surface area contributed by atoms with Gasteiger partial charge in [0.15, 0.2) is 5.96 Å².